The fourth-order valence-electron chi connectivity index (χ4n) is 1.10. The predicted molar refractivity (Wildman–Crippen MR) is 63.4 cm³/mol. The number of alkyl halides is 2. The zero-order valence-electron chi connectivity index (χ0n) is 10.2. The number of carbonyl (C=O) groups excluding carboxylic acids is 1. The van der Waals surface area contributed by atoms with Crippen molar-refractivity contribution in [2.45, 2.75) is 45.3 Å². The number of halogens is 3. The van der Waals surface area contributed by atoms with Gasteiger partial charge in [-0.2, -0.15) is 0 Å². The van der Waals surface area contributed by atoms with Gasteiger partial charge in [0, 0.05) is 17.1 Å². The molecule has 0 saturated carbocycles. The minimum atomic E-state index is -3.99. The van der Waals surface area contributed by atoms with Crippen LogP contribution in [0.3, 0.4) is 0 Å². The Bertz CT molecular complexity index is 381. The summed E-state index contributed by atoms with van der Waals surface area (Å²) < 4.78 is 50.9. The lowest BCUT2D eigenvalue weighted by molar-refractivity contribution is 0.0482. The van der Waals surface area contributed by atoms with Crippen molar-refractivity contribution in [2.24, 2.45) is 0 Å². The highest BCUT2D eigenvalue weighted by molar-refractivity contribution is 8.13. The Hall–Kier alpha value is -0.630. The van der Waals surface area contributed by atoms with E-state index in [0.717, 1.165) is 0 Å². The summed E-state index contributed by atoms with van der Waals surface area (Å²) in [5.74, 6) is -0.780. The number of ether oxygens (including phenoxy) is 1. The van der Waals surface area contributed by atoms with Gasteiger partial charge in [-0.1, -0.05) is 0 Å². The summed E-state index contributed by atoms with van der Waals surface area (Å²) in [5.41, 5.74) is -0.806. The minimum Gasteiger partial charge on any atom is -0.444 e. The Morgan fingerprint density at radius 2 is 1.89 bits per heavy atom. The molecule has 0 aromatic carbocycles. The third-order valence-electron chi connectivity index (χ3n) is 1.58. The lowest BCUT2D eigenvalue weighted by Gasteiger charge is -2.22. The summed E-state index contributed by atoms with van der Waals surface area (Å²) in [6, 6.07) is -1.29. The summed E-state index contributed by atoms with van der Waals surface area (Å²) in [5, 5.41) is 2.06. The van der Waals surface area contributed by atoms with E-state index < -0.39 is 45.4 Å². The molecule has 0 aliphatic rings. The van der Waals surface area contributed by atoms with Gasteiger partial charge in [0.05, 0.1) is 11.8 Å². The van der Waals surface area contributed by atoms with E-state index in [1.807, 2.05) is 0 Å². The fraction of sp³-hybridized carbons (Fsp3) is 0.889. The summed E-state index contributed by atoms with van der Waals surface area (Å²) in [6.07, 6.45) is -4.54. The first-order chi connectivity index (χ1) is 7.89. The second kappa shape index (κ2) is 6.51. The molecule has 0 heterocycles. The summed E-state index contributed by atoms with van der Waals surface area (Å²) in [4.78, 5) is 11.3. The van der Waals surface area contributed by atoms with Gasteiger partial charge in [0.25, 0.3) is 0 Å². The quantitative estimate of drug-likeness (QED) is 0.790. The van der Waals surface area contributed by atoms with Crippen molar-refractivity contribution in [3.05, 3.63) is 0 Å². The first kappa shape index (κ1) is 17.4. The van der Waals surface area contributed by atoms with E-state index in [1.165, 1.54) is 0 Å². The van der Waals surface area contributed by atoms with Gasteiger partial charge < -0.3 is 10.1 Å². The SMILES string of the molecule is CC(C)(C)OC(=O)NC(CC(F)F)CS(=O)(=O)Cl. The normalized spacial score (nSPS) is 14.4. The first-order valence-electron chi connectivity index (χ1n) is 5.09. The van der Waals surface area contributed by atoms with E-state index in [4.69, 9.17) is 15.4 Å². The zero-order chi connectivity index (χ0) is 14.6. The molecule has 18 heavy (non-hydrogen) atoms. The van der Waals surface area contributed by atoms with Gasteiger partial charge in [0.2, 0.25) is 15.5 Å². The minimum absolute atomic E-state index is 0.780. The highest BCUT2D eigenvalue weighted by atomic mass is 35.7. The number of rotatable bonds is 5. The van der Waals surface area contributed by atoms with Gasteiger partial charge in [-0.25, -0.2) is 22.0 Å². The van der Waals surface area contributed by atoms with Crippen molar-refractivity contribution in [3.63, 3.8) is 0 Å². The fourth-order valence-corrected chi connectivity index (χ4v) is 2.25. The molecule has 0 rings (SSSR count). The van der Waals surface area contributed by atoms with Crippen LogP contribution in [-0.4, -0.2) is 38.3 Å². The van der Waals surface area contributed by atoms with Gasteiger partial charge in [-0.05, 0) is 20.8 Å². The average Bonchev–Trinajstić information content (AvgIpc) is 1.92. The predicted octanol–water partition coefficient (Wildman–Crippen LogP) is 2.10. The van der Waals surface area contributed by atoms with Crippen molar-refractivity contribution in [2.75, 3.05) is 5.75 Å². The Labute approximate surface area is 109 Å². The van der Waals surface area contributed by atoms with Crippen molar-refractivity contribution >= 4 is 25.8 Å². The summed E-state index contributed by atoms with van der Waals surface area (Å²) >= 11 is 0. The molecule has 0 bridgehead atoms. The van der Waals surface area contributed by atoms with Crippen molar-refractivity contribution < 1.29 is 26.7 Å². The molecule has 0 radical (unpaired) electrons. The van der Waals surface area contributed by atoms with Crippen molar-refractivity contribution in [1.29, 1.82) is 0 Å². The number of amides is 1. The molecule has 0 spiro atoms. The van der Waals surface area contributed by atoms with Gasteiger partial charge in [-0.15, -0.1) is 0 Å². The van der Waals surface area contributed by atoms with Gasteiger partial charge >= 0.3 is 6.09 Å². The molecule has 9 heteroatoms. The molecule has 0 saturated heterocycles. The van der Waals surface area contributed by atoms with E-state index in [9.17, 15) is 22.0 Å². The molecule has 1 unspecified atom stereocenters. The van der Waals surface area contributed by atoms with Crippen LogP contribution in [-0.2, 0) is 13.8 Å². The van der Waals surface area contributed by atoms with Crippen molar-refractivity contribution in [1.82, 2.24) is 5.32 Å². The first-order valence-corrected chi connectivity index (χ1v) is 7.57. The number of carbonyl (C=O) groups is 1. The third kappa shape index (κ3) is 10.5. The van der Waals surface area contributed by atoms with Crippen molar-refractivity contribution in [3.8, 4) is 0 Å². The number of alkyl carbamates (subject to hydrolysis) is 1. The maximum absolute atomic E-state index is 12.2. The lowest BCUT2D eigenvalue weighted by Crippen LogP contribution is -2.43. The van der Waals surface area contributed by atoms with Crippen LogP contribution in [0.4, 0.5) is 13.6 Å². The van der Waals surface area contributed by atoms with Crippen LogP contribution in [0, 0.1) is 0 Å². The molecule has 1 N–H and O–H groups in total. The van der Waals surface area contributed by atoms with Gasteiger partial charge in [0.1, 0.15) is 5.60 Å². The topological polar surface area (TPSA) is 72.5 Å². The van der Waals surface area contributed by atoms with Gasteiger partial charge in [-0.3, -0.25) is 0 Å². The smallest absolute Gasteiger partial charge is 0.407 e. The van der Waals surface area contributed by atoms with E-state index >= 15 is 0 Å². The largest absolute Gasteiger partial charge is 0.444 e. The summed E-state index contributed by atoms with van der Waals surface area (Å²) in [7, 11) is 0.973. The van der Waals surface area contributed by atoms with Crippen LogP contribution in [0.15, 0.2) is 0 Å². The number of hydrogen-bond acceptors (Lipinski definition) is 4. The van der Waals surface area contributed by atoms with Crippen LogP contribution in [0.25, 0.3) is 0 Å². The second-order valence-electron chi connectivity index (χ2n) is 4.68. The van der Waals surface area contributed by atoms with E-state index in [1.54, 1.807) is 20.8 Å². The Kier molecular flexibility index (Phi) is 6.28. The van der Waals surface area contributed by atoms with Crippen LogP contribution in [0.1, 0.15) is 27.2 Å². The number of nitrogens with one attached hydrogen (secondary N) is 1. The Balaban J connectivity index is 4.55. The molecule has 0 aromatic rings. The van der Waals surface area contributed by atoms with Gasteiger partial charge in [0.15, 0.2) is 0 Å². The van der Waals surface area contributed by atoms with Crippen LogP contribution in [0.2, 0.25) is 0 Å². The molecule has 108 valence electrons. The molecule has 0 aliphatic heterocycles. The molecule has 0 fully saturated rings. The third-order valence-corrected chi connectivity index (χ3v) is 2.76. The standard InChI is InChI=1S/C9H16ClF2NO4S/c1-9(2,3)17-8(14)13-6(4-7(11)12)5-18(10,15)16/h6-7H,4-5H2,1-3H3,(H,13,14). The molecular formula is C9H16ClF2NO4S. The highest BCUT2D eigenvalue weighted by Gasteiger charge is 2.25. The molecule has 1 amide bonds. The second-order valence-corrected chi connectivity index (χ2v) is 7.50. The molecule has 0 aliphatic carbocycles. The maximum Gasteiger partial charge on any atom is 0.407 e. The van der Waals surface area contributed by atoms with Crippen LogP contribution in [0.5, 0.6) is 0 Å². The van der Waals surface area contributed by atoms with Crippen LogP contribution >= 0.6 is 10.7 Å². The lowest BCUT2D eigenvalue weighted by atomic mass is 10.2. The molecule has 1 atom stereocenters. The van der Waals surface area contributed by atoms with E-state index in [2.05, 4.69) is 5.32 Å². The number of hydrogen-bond donors (Lipinski definition) is 1. The Morgan fingerprint density at radius 3 is 2.22 bits per heavy atom. The monoisotopic (exact) mass is 307 g/mol. The van der Waals surface area contributed by atoms with Crippen LogP contribution < -0.4 is 5.32 Å². The average molecular weight is 308 g/mol. The summed E-state index contributed by atoms with van der Waals surface area (Å²) in [6.45, 7) is 4.77. The molecular weight excluding hydrogens is 292 g/mol. The Morgan fingerprint density at radius 1 is 1.39 bits per heavy atom. The molecule has 5 nitrogen and oxygen atoms in total. The van der Waals surface area contributed by atoms with E-state index in [0.29, 0.717) is 0 Å². The maximum atomic E-state index is 12.2. The zero-order valence-corrected chi connectivity index (χ0v) is 11.8. The highest BCUT2D eigenvalue weighted by Crippen LogP contribution is 2.11. The van der Waals surface area contributed by atoms with E-state index in [-0.39, 0.29) is 0 Å². The molecule has 0 aromatic heterocycles.